The zero-order chi connectivity index (χ0) is 20.7. The van der Waals surface area contributed by atoms with Crippen LogP contribution in [-0.2, 0) is 21.4 Å². The van der Waals surface area contributed by atoms with E-state index in [1.807, 2.05) is 24.3 Å². The van der Waals surface area contributed by atoms with Gasteiger partial charge in [0.05, 0.1) is 12.0 Å². The predicted octanol–water partition coefficient (Wildman–Crippen LogP) is 2.22. The number of hydrogen-bond acceptors (Lipinski definition) is 5. The van der Waals surface area contributed by atoms with Gasteiger partial charge in [-0.2, -0.15) is 0 Å². The minimum absolute atomic E-state index is 0.0219. The molecule has 2 aromatic carbocycles. The van der Waals surface area contributed by atoms with Crippen molar-refractivity contribution in [2.45, 2.75) is 24.8 Å². The number of ether oxygens (including phenoxy) is 1. The SMILES string of the molecule is COc1ccccc1CN(C)C(=O)CCNS(=O)(=O)c1ccc(C(C)=O)cc1. The highest BCUT2D eigenvalue weighted by Gasteiger charge is 2.16. The van der Waals surface area contributed by atoms with Gasteiger partial charge in [0.25, 0.3) is 0 Å². The summed E-state index contributed by atoms with van der Waals surface area (Å²) in [4.78, 5) is 25.1. The third-order valence-corrected chi connectivity index (χ3v) is 5.70. The summed E-state index contributed by atoms with van der Waals surface area (Å²) in [5.74, 6) is 0.359. The average molecular weight is 404 g/mol. The molecule has 0 saturated carbocycles. The van der Waals surface area contributed by atoms with Crippen molar-refractivity contribution in [3.05, 3.63) is 59.7 Å². The second kappa shape index (κ2) is 9.48. The fourth-order valence-electron chi connectivity index (χ4n) is 2.61. The van der Waals surface area contributed by atoms with E-state index < -0.39 is 10.0 Å². The van der Waals surface area contributed by atoms with E-state index in [9.17, 15) is 18.0 Å². The number of nitrogens with one attached hydrogen (secondary N) is 1. The van der Waals surface area contributed by atoms with Gasteiger partial charge in [0.15, 0.2) is 5.78 Å². The molecular weight excluding hydrogens is 380 g/mol. The van der Waals surface area contributed by atoms with E-state index in [0.29, 0.717) is 17.9 Å². The number of rotatable bonds is 9. The van der Waals surface area contributed by atoms with Crippen LogP contribution in [0.15, 0.2) is 53.4 Å². The van der Waals surface area contributed by atoms with Gasteiger partial charge in [-0.1, -0.05) is 30.3 Å². The standard InChI is InChI=1S/C20H24N2O5S/c1-15(23)16-8-10-18(11-9-16)28(25,26)21-13-12-20(24)22(2)14-17-6-4-5-7-19(17)27-3/h4-11,21H,12-14H2,1-3H3. The highest BCUT2D eigenvalue weighted by atomic mass is 32.2. The Morgan fingerprint density at radius 3 is 2.32 bits per heavy atom. The van der Waals surface area contributed by atoms with Crippen LogP contribution in [0.5, 0.6) is 5.75 Å². The molecule has 1 amide bonds. The first kappa shape index (κ1) is 21.6. The lowest BCUT2D eigenvalue weighted by Crippen LogP contribution is -2.32. The minimum Gasteiger partial charge on any atom is -0.496 e. The predicted molar refractivity (Wildman–Crippen MR) is 106 cm³/mol. The van der Waals surface area contributed by atoms with Gasteiger partial charge in [-0.3, -0.25) is 9.59 Å². The monoisotopic (exact) mass is 404 g/mol. The fourth-order valence-corrected chi connectivity index (χ4v) is 3.64. The van der Waals surface area contributed by atoms with Crippen molar-refractivity contribution in [1.82, 2.24) is 9.62 Å². The largest absolute Gasteiger partial charge is 0.496 e. The van der Waals surface area contributed by atoms with Crippen LogP contribution in [0.1, 0.15) is 29.3 Å². The maximum Gasteiger partial charge on any atom is 0.240 e. The third-order valence-electron chi connectivity index (χ3n) is 4.23. The lowest BCUT2D eigenvalue weighted by molar-refractivity contribution is -0.130. The van der Waals surface area contributed by atoms with Gasteiger partial charge in [-0.15, -0.1) is 0 Å². The van der Waals surface area contributed by atoms with Gasteiger partial charge in [0.2, 0.25) is 15.9 Å². The lowest BCUT2D eigenvalue weighted by Gasteiger charge is -2.19. The Morgan fingerprint density at radius 2 is 1.71 bits per heavy atom. The topological polar surface area (TPSA) is 92.8 Å². The number of para-hydroxylation sites is 1. The highest BCUT2D eigenvalue weighted by Crippen LogP contribution is 2.19. The van der Waals surface area contributed by atoms with E-state index in [2.05, 4.69) is 4.72 Å². The van der Waals surface area contributed by atoms with Crippen LogP contribution in [0.2, 0.25) is 0 Å². The van der Waals surface area contributed by atoms with Crippen molar-refractivity contribution < 1.29 is 22.7 Å². The van der Waals surface area contributed by atoms with Gasteiger partial charge < -0.3 is 9.64 Å². The second-order valence-corrected chi connectivity index (χ2v) is 8.06. The summed E-state index contributed by atoms with van der Waals surface area (Å²) >= 11 is 0. The zero-order valence-electron chi connectivity index (χ0n) is 16.1. The molecule has 0 aliphatic rings. The molecular formula is C20H24N2O5S. The molecule has 28 heavy (non-hydrogen) atoms. The van der Waals surface area contributed by atoms with Gasteiger partial charge in [0.1, 0.15) is 5.75 Å². The van der Waals surface area contributed by atoms with Crippen LogP contribution in [0, 0.1) is 0 Å². The molecule has 0 aliphatic carbocycles. The number of carbonyl (C=O) groups excluding carboxylic acids is 2. The number of benzene rings is 2. The molecule has 8 heteroatoms. The Bertz CT molecular complexity index is 939. The first-order valence-electron chi connectivity index (χ1n) is 8.71. The third kappa shape index (κ3) is 5.64. The molecule has 1 N–H and O–H groups in total. The van der Waals surface area contributed by atoms with Crippen molar-refractivity contribution in [3.8, 4) is 5.75 Å². The number of Topliss-reactive ketones (excluding diaryl/α,β-unsaturated/α-hetero) is 1. The number of nitrogens with zero attached hydrogens (tertiary/aromatic N) is 1. The molecule has 0 radical (unpaired) electrons. The smallest absolute Gasteiger partial charge is 0.240 e. The summed E-state index contributed by atoms with van der Waals surface area (Å²) in [6.45, 7) is 1.75. The quantitative estimate of drug-likeness (QED) is 0.647. The number of ketones is 1. The molecule has 0 heterocycles. The first-order chi connectivity index (χ1) is 13.2. The molecule has 0 spiro atoms. The maximum atomic E-state index is 12.3. The van der Waals surface area contributed by atoms with Crippen molar-refractivity contribution in [1.29, 1.82) is 0 Å². The van der Waals surface area contributed by atoms with Gasteiger partial charge >= 0.3 is 0 Å². The molecule has 0 aromatic heterocycles. The normalized spacial score (nSPS) is 11.1. The Morgan fingerprint density at radius 1 is 1.07 bits per heavy atom. The number of amides is 1. The van der Waals surface area contributed by atoms with Crippen LogP contribution >= 0.6 is 0 Å². The number of methoxy groups -OCH3 is 1. The summed E-state index contributed by atoms with van der Waals surface area (Å²) in [5, 5.41) is 0. The summed E-state index contributed by atoms with van der Waals surface area (Å²) in [5.41, 5.74) is 1.30. The van der Waals surface area contributed by atoms with Crippen LogP contribution < -0.4 is 9.46 Å². The average Bonchev–Trinajstić information content (AvgIpc) is 2.68. The lowest BCUT2D eigenvalue weighted by atomic mass is 10.2. The van der Waals surface area contributed by atoms with Crippen LogP contribution in [0.4, 0.5) is 0 Å². The minimum atomic E-state index is -3.75. The summed E-state index contributed by atoms with van der Waals surface area (Å²) < 4.78 is 32.3. The van der Waals surface area contributed by atoms with E-state index in [0.717, 1.165) is 5.56 Å². The van der Waals surface area contributed by atoms with Crippen LogP contribution in [-0.4, -0.2) is 45.7 Å². The summed E-state index contributed by atoms with van der Waals surface area (Å²) in [6.07, 6.45) is 0.0242. The van der Waals surface area contributed by atoms with Crippen LogP contribution in [0.25, 0.3) is 0 Å². The van der Waals surface area contributed by atoms with E-state index in [1.54, 1.807) is 14.2 Å². The van der Waals surface area contributed by atoms with Crippen molar-refractivity contribution >= 4 is 21.7 Å². The zero-order valence-corrected chi connectivity index (χ0v) is 17.0. The molecule has 150 valence electrons. The van der Waals surface area contributed by atoms with E-state index in [4.69, 9.17) is 4.74 Å². The molecule has 0 bridgehead atoms. The maximum absolute atomic E-state index is 12.3. The van der Waals surface area contributed by atoms with E-state index in [1.165, 1.54) is 36.1 Å². The Balaban J connectivity index is 1.90. The van der Waals surface area contributed by atoms with Gasteiger partial charge in [0, 0.05) is 37.7 Å². The molecule has 7 nitrogen and oxygen atoms in total. The number of carbonyl (C=O) groups is 2. The van der Waals surface area contributed by atoms with Crippen molar-refractivity contribution in [2.24, 2.45) is 0 Å². The van der Waals surface area contributed by atoms with Crippen LogP contribution in [0.3, 0.4) is 0 Å². The van der Waals surface area contributed by atoms with Crippen molar-refractivity contribution in [2.75, 3.05) is 20.7 Å². The Hall–Kier alpha value is -2.71. The Kier molecular flexibility index (Phi) is 7.31. The molecule has 0 aliphatic heterocycles. The first-order valence-corrected chi connectivity index (χ1v) is 10.2. The summed E-state index contributed by atoms with van der Waals surface area (Å²) in [6, 6.07) is 13.1. The molecule has 0 unspecified atom stereocenters. The Labute approximate surface area is 165 Å². The van der Waals surface area contributed by atoms with Gasteiger partial charge in [-0.25, -0.2) is 13.1 Å². The molecule has 2 aromatic rings. The molecule has 0 saturated heterocycles. The summed E-state index contributed by atoms with van der Waals surface area (Å²) in [7, 11) is -0.521. The second-order valence-electron chi connectivity index (χ2n) is 6.29. The molecule has 0 fully saturated rings. The van der Waals surface area contributed by atoms with E-state index in [-0.39, 0.29) is 29.6 Å². The molecule has 0 atom stereocenters. The highest BCUT2D eigenvalue weighted by molar-refractivity contribution is 7.89. The molecule has 2 rings (SSSR count). The fraction of sp³-hybridized carbons (Fsp3) is 0.300. The number of hydrogen-bond donors (Lipinski definition) is 1. The van der Waals surface area contributed by atoms with Crippen molar-refractivity contribution in [3.63, 3.8) is 0 Å². The van der Waals surface area contributed by atoms with Gasteiger partial charge in [-0.05, 0) is 25.1 Å². The number of sulfonamides is 1. The van der Waals surface area contributed by atoms with E-state index >= 15 is 0 Å².